The fourth-order valence-corrected chi connectivity index (χ4v) is 3.79. The molecule has 1 aliphatic carbocycles. The van der Waals surface area contributed by atoms with Gasteiger partial charge in [0.05, 0.1) is 12.5 Å². The second-order valence-corrected chi connectivity index (χ2v) is 7.43. The molecule has 0 radical (unpaired) electrons. The van der Waals surface area contributed by atoms with Crippen LogP contribution in [-0.2, 0) is 20.1 Å². The number of benzene rings is 1. The van der Waals surface area contributed by atoms with Gasteiger partial charge in [0.15, 0.2) is 0 Å². The molecule has 5 nitrogen and oxygen atoms in total. The summed E-state index contributed by atoms with van der Waals surface area (Å²) in [5, 5.41) is 11.6. The van der Waals surface area contributed by atoms with Crippen LogP contribution in [0.15, 0.2) is 24.3 Å². The molecule has 1 atom stereocenters. The minimum absolute atomic E-state index is 0.0925. The summed E-state index contributed by atoms with van der Waals surface area (Å²) in [6.07, 6.45) is 5.10. The van der Waals surface area contributed by atoms with Crippen molar-refractivity contribution in [3.8, 4) is 0 Å². The van der Waals surface area contributed by atoms with Gasteiger partial charge in [-0.15, -0.1) is 0 Å². The molecule has 0 aliphatic heterocycles. The van der Waals surface area contributed by atoms with Crippen LogP contribution in [0.4, 0.5) is 5.69 Å². The van der Waals surface area contributed by atoms with E-state index in [0.29, 0.717) is 12.2 Å². The Kier molecular flexibility index (Phi) is 8.28. The fraction of sp³-hybridized carbons (Fsp3) is 0.579. The molecular formula is C19H27NO4S. The number of aliphatic carboxylic acids is 1. The first-order valence-corrected chi connectivity index (χ1v) is 10.1. The summed E-state index contributed by atoms with van der Waals surface area (Å²) in [4.78, 5) is 23.0. The Morgan fingerprint density at radius 1 is 1.36 bits per heavy atom. The second-order valence-electron chi connectivity index (χ2n) is 6.33. The van der Waals surface area contributed by atoms with Gasteiger partial charge >= 0.3 is 5.97 Å². The summed E-state index contributed by atoms with van der Waals surface area (Å²) < 4.78 is 5.95. The molecule has 1 amide bonds. The molecular weight excluding hydrogens is 338 g/mol. The predicted molar refractivity (Wildman–Crippen MR) is 101 cm³/mol. The van der Waals surface area contributed by atoms with E-state index in [1.165, 1.54) is 12.8 Å². The third-order valence-electron chi connectivity index (χ3n) is 4.25. The molecule has 2 N–H and O–H groups in total. The average Bonchev–Trinajstić information content (AvgIpc) is 3.10. The van der Waals surface area contributed by atoms with Gasteiger partial charge in [0, 0.05) is 17.2 Å². The number of carbonyl (C=O) groups excluding carboxylic acids is 1. The van der Waals surface area contributed by atoms with E-state index in [1.54, 1.807) is 11.8 Å². The molecule has 0 heterocycles. The number of ether oxygens (including phenoxy) is 1. The number of hydrogen-bond acceptors (Lipinski definition) is 4. The van der Waals surface area contributed by atoms with Crippen LogP contribution in [0.5, 0.6) is 0 Å². The van der Waals surface area contributed by atoms with Crippen molar-refractivity contribution in [2.24, 2.45) is 0 Å². The Bertz CT molecular complexity index is 572. The van der Waals surface area contributed by atoms with Crippen molar-refractivity contribution in [3.63, 3.8) is 0 Å². The molecule has 138 valence electrons. The number of nitrogens with one attached hydrogen (secondary N) is 1. The van der Waals surface area contributed by atoms with Crippen LogP contribution in [0.2, 0.25) is 0 Å². The predicted octanol–water partition coefficient (Wildman–Crippen LogP) is 4.07. The van der Waals surface area contributed by atoms with Crippen LogP contribution >= 0.6 is 11.8 Å². The van der Waals surface area contributed by atoms with Crippen molar-refractivity contribution >= 4 is 29.3 Å². The van der Waals surface area contributed by atoms with E-state index in [-0.39, 0.29) is 18.4 Å². The van der Waals surface area contributed by atoms with Crippen LogP contribution in [0.1, 0.15) is 51.0 Å². The van der Waals surface area contributed by atoms with E-state index in [0.717, 1.165) is 29.8 Å². The number of thioether (sulfide) groups is 1. The van der Waals surface area contributed by atoms with E-state index in [4.69, 9.17) is 9.84 Å². The fourth-order valence-electron chi connectivity index (χ4n) is 2.91. The summed E-state index contributed by atoms with van der Waals surface area (Å²) in [5.74, 6) is 0.442. The van der Waals surface area contributed by atoms with Crippen LogP contribution in [0, 0.1) is 0 Å². The van der Waals surface area contributed by atoms with Gasteiger partial charge in [0.25, 0.3) is 5.91 Å². The Labute approximate surface area is 153 Å². The zero-order valence-electron chi connectivity index (χ0n) is 14.7. The van der Waals surface area contributed by atoms with E-state index in [9.17, 15) is 9.59 Å². The molecule has 0 saturated heterocycles. The lowest BCUT2D eigenvalue weighted by Crippen LogP contribution is -2.32. The summed E-state index contributed by atoms with van der Waals surface area (Å²) in [7, 11) is 0. The summed E-state index contributed by atoms with van der Waals surface area (Å²) >= 11 is 1.58. The van der Waals surface area contributed by atoms with Gasteiger partial charge in [-0.2, -0.15) is 11.8 Å². The van der Waals surface area contributed by atoms with Gasteiger partial charge in [0.1, 0.15) is 6.10 Å². The van der Waals surface area contributed by atoms with Crippen molar-refractivity contribution in [1.29, 1.82) is 0 Å². The summed E-state index contributed by atoms with van der Waals surface area (Å²) in [6, 6.07) is 7.69. The number of carbonyl (C=O) groups is 2. The molecule has 25 heavy (non-hydrogen) atoms. The zero-order valence-corrected chi connectivity index (χ0v) is 15.5. The molecule has 1 aliphatic rings. The standard InChI is InChI=1S/C19H27NO4S/c1-2-17(24-16-8-3-4-9-16)19(23)20-15-7-5-6-14(12-15)13-25-11-10-18(21)22/h5-7,12,16-17H,2-4,8-11,13H2,1H3,(H,20,23)(H,21,22). The van der Waals surface area contributed by atoms with E-state index >= 15 is 0 Å². The minimum Gasteiger partial charge on any atom is -0.481 e. The number of carboxylic acids is 1. The van der Waals surface area contributed by atoms with Crippen LogP contribution < -0.4 is 5.32 Å². The topological polar surface area (TPSA) is 75.6 Å². The lowest BCUT2D eigenvalue weighted by Gasteiger charge is -2.20. The SMILES string of the molecule is CCC(OC1CCCC1)C(=O)Nc1cccc(CSCCC(=O)O)c1. The number of rotatable bonds is 10. The van der Waals surface area contributed by atoms with Gasteiger partial charge < -0.3 is 15.2 Å². The van der Waals surface area contributed by atoms with Crippen LogP contribution in [-0.4, -0.2) is 34.9 Å². The molecule has 2 rings (SSSR count). The molecule has 1 aromatic rings. The molecule has 1 fully saturated rings. The molecule has 1 unspecified atom stereocenters. The first kappa shape index (κ1) is 19.8. The first-order valence-electron chi connectivity index (χ1n) is 8.93. The first-order chi connectivity index (χ1) is 12.1. The van der Waals surface area contributed by atoms with Crippen molar-refractivity contribution in [2.45, 2.75) is 63.4 Å². The summed E-state index contributed by atoms with van der Waals surface area (Å²) in [6.45, 7) is 1.97. The Morgan fingerprint density at radius 2 is 2.12 bits per heavy atom. The lowest BCUT2D eigenvalue weighted by atomic mass is 10.2. The van der Waals surface area contributed by atoms with Crippen molar-refractivity contribution < 1.29 is 19.4 Å². The molecule has 0 spiro atoms. The van der Waals surface area contributed by atoms with Crippen molar-refractivity contribution in [3.05, 3.63) is 29.8 Å². The number of hydrogen-bond donors (Lipinski definition) is 2. The normalized spacial score (nSPS) is 15.9. The van der Waals surface area contributed by atoms with Crippen LogP contribution in [0.3, 0.4) is 0 Å². The maximum atomic E-state index is 12.5. The Morgan fingerprint density at radius 3 is 2.80 bits per heavy atom. The maximum absolute atomic E-state index is 12.5. The molecule has 1 saturated carbocycles. The minimum atomic E-state index is -0.776. The smallest absolute Gasteiger partial charge is 0.304 e. The molecule has 0 aromatic heterocycles. The second kappa shape index (κ2) is 10.5. The van der Waals surface area contributed by atoms with E-state index < -0.39 is 12.1 Å². The highest BCUT2D eigenvalue weighted by atomic mass is 32.2. The number of amides is 1. The highest BCUT2D eigenvalue weighted by molar-refractivity contribution is 7.98. The monoisotopic (exact) mass is 365 g/mol. The Balaban J connectivity index is 1.84. The number of anilines is 1. The lowest BCUT2D eigenvalue weighted by molar-refractivity contribution is -0.136. The molecule has 0 bridgehead atoms. The van der Waals surface area contributed by atoms with Crippen molar-refractivity contribution in [2.75, 3.05) is 11.1 Å². The quantitative estimate of drug-likeness (QED) is 0.611. The zero-order chi connectivity index (χ0) is 18.1. The highest BCUT2D eigenvalue weighted by Crippen LogP contribution is 2.24. The van der Waals surface area contributed by atoms with Gasteiger partial charge in [0.2, 0.25) is 0 Å². The third kappa shape index (κ3) is 7.08. The van der Waals surface area contributed by atoms with E-state index in [2.05, 4.69) is 5.32 Å². The number of carboxylic acid groups (broad SMARTS) is 1. The van der Waals surface area contributed by atoms with Crippen molar-refractivity contribution in [1.82, 2.24) is 0 Å². The van der Waals surface area contributed by atoms with Crippen LogP contribution in [0.25, 0.3) is 0 Å². The Hall–Kier alpha value is -1.53. The maximum Gasteiger partial charge on any atom is 0.304 e. The molecule has 6 heteroatoms. The average molecular weight is 365 g/mol. The highest BCUT2D eigenvalue weighted by Gasteiger charge is 2.24. The van der Waals surface area contributed by atoms with Gasteiger partial charge in [-0.25, -0.2) is 0 Å². The molecule has 1 aromatic carbocycles. The van der Waals surface area contributed by atoms with Gasteiger partial charge in [-0.3, -0.25) is 9.59 Å². The van der Waals surface area contributed by atoms with Gasteiger partial charge in [-0.1, -0.05) is 31.9 Å². The third-order valence-corrected chi connectivity index (χ3v) is 5.28. The summed E-state index contributed by atoms with van der Waals surface area (Å²) in [5.41, 5.74) is 1.83. The van der Waals surface area contributed by atoms with Gasteiger partial charge in [-0.05, 0) is 37.0 Å². The largest absolute Gasteiger partial charge is 0.481 e. The van der Waals surface area contributed by atoms with E-state index in [1.807, 2.05) is 31.2 Å².